The average molecular weight is 244 g/mol. The molecule has 1 fully saturated rings. The summed E-state index contributed by atoms with van der Waals surface area (Å²) in [6.45, 7) is 14.2. The molecule has 0 amide bonds. The van der Waals surface area contributed by atoms with Gasteiger partial charge >= 0.3 is 0 Å². The van der Waals surface area contributed by atoms with Gasteiger partial charge in [0.1, 0.15) is 0 Å². The lowest BCUT2D eigenvalue weighted by molar-refractivity contribution is 0.166. The van der Waals surface area contributed by atoms with Crippen LogP contribution < -0.4 is 5.32 Å². The first-order chi connectivity index (χ1) is 7.65. The van der Waals surface area contributed by atoms with E-state index >= 15 is 0 Å². The van der Waals surface area contributed by atoms with Crippen molar-refractivity contribution in [2.75, 3.05) is 31.9 Å². The molecule has 96 valence electrons. The molecular weight excluding hydrogens is 216 g/mol. The first-order valence-corrected chi connectivity index (χ1v) is 7.76. The van der Waals surface area contributed by atoms with Gasteiger partial charge in [-0.15, -0.1) is 0 Å². The van der Waals surface area contributed by atoms with Crippen LogP contribution in [-0.2, 0) is 0 Å². The predicted octanol–water partition coefficient (Wildman–Crippen LogP) is 2.45. The Morgan fingerprint density at radius 1 is 1.44 bits per heavy atom. The Balaban J connectivity index is 2.28. The standard InChI is InChI=1S/C13H28N2S/c1-5-6-14-9-11(2)13(4)15-7-8-16-12(3)10-15/h11-14H,5-10H2,1-4H3. The van der Waals surface area contributed by atoms with Gasteiger partial charge in [0.25, 0.3) is 0 Å². The van der Waals surface area contributed by atoms with E-state index in [1.54, 1.807) is 0 Å². The summed E-state index contributed by atoms with van der Waals surface area (Å²) in [6, 6.07) is 0.715. The van der Waals surface area contributed by atoms with Crippen LogP contribution >= 0.6 is 11.8 Å². The van der Waals surface area contributed by atoms with Gasteiger partial charge < -0.3 is 5.32 Å². The van der Waals surface area contributed by atoms with Crippen molar-refractivity contribution in [3.8, 4) is 0 Å². The number of rotatable bonds is 6. The molecule has 3 heteroatoms. The van der Waals surface area contributed by atoms with Crippen molar-refractivity contribution in [2.24, 2.45) is 5.92 Å². The minimum atomic E-state index is 0.715. The quantitative estimate of drug-likeness (QED) is 0.723. The fourth-order valence-electron chi connectivity index (χ4n) is 2.25. The Labute approximate surface area is 106 Å². The molecule has 1 heterocycles. The van der Waals surface area contributed by atoms with Crippen molar-refractivity contribution in [1.29, 1.82) is 0 Å². The third-order valence-electron chi connectivity index (χ3n) is 3.57. The summed E-state index contributed by atoms with van der Waals surface area (Å²) >= 11 is 2.12. The summed E-state index contributed by atoms with van der Waals surface area (Å²) in [5.74, 6) is 2.06. The Hall–Kier alpha value is 0.270. The van der Waals surface area contributed by atoms with E-state index in [-0.39, 0.29) is 0 Å². The van der Waals surface area contributed by atoms with E-state index in [0.29, 0.717) is 6.04 Å². The molecule has 16 heavy (non-hydrogen) atoms. The fraction of sp³-hybridized carbons (Fsp3) is 1.00. The van der Waals surface area contributed by atoms with Crippen molar-refractivity contribution in [1.82, 2.24) is 10.2 Å². The highest BCUT2D eigenvalue weighted by Gasteiger charge is 2.24. The van der Waals surface area contributed by atoms with Crippen LogP contribution in [0, 0.1) is 5.92 Å². The largest absolute Gasteiger partial charge is 0.316 e. The van der Waals surface area contributed by atoms with Crippen LogP contribution in [0.4, 0.5) is 0 Å². The molecule has 0 spiro atoms. The normalized spacial score (nSPS) is 26.6. The Kier molecular flexibility index (Phi) is 6.78. The van der Waals surface area contributed by atoms with Crippen molar-refractivity contribution < 1.29 is 0 Å². The van der Waals surface area contributed by atoms with Crippen LogP contribution in [-0.4, -0.2) is 48.1 Å². The van der Waals surface area contributed by atoms with Crippen molar-refractivity contribution in [3.63, 3.8) is 0 Å². The molecule has 3 atom stereocenters. The highest BCUT2D eigenvalue weighted by atomic mass is 32.2. The summed E-state index contributed by atoms with van der Waals surface area (Å²) in [7, 11) is 0. The maximum atomic E-state index is 3.53. The van der Waals surface area contributed by atoms with Crippen LogP contribution in [0.1, 0.15) is 34.1 Å². The lowest BCUT2D eigenvalue weighted by atomic mass is 10.0. The summed E-state index contributed by atoms with van der Waals surface area (Å²) in [5.41, 5.74) is 0. The first kappa shape index (κ1) is 14.3. The van der Waals surface area contributed by atoms with Gasteiger partial charge in [0.15, 0.2) is 0 Å². The van der Waals surface area contributed by atoms with E-state index in [9.17, 15) is 0 Å². The average Bonchev–Trinajstić information content (AvgIpc) is 2.28. The maximum Gasteiger partial charge on any atom is 0.0147 e. The molecule has 0 aromatic rings. The molecule has 3 unspecified atom stereocenters. The minimum Gasteiger partial charge on any atom is -0.316 e. The molecular formula is C13H28N2S. The van der Waals surface area contributed by atoms with Gasteiger partial charge in [-0.25, -0.2) is 0 Å². The monoisotopic (exact) mass is 244 g/mol. The van der Waals surface area contributed by atoms with Gasteiger partial charge in [-0.3, -0.25) is 4.90 Å². The molecule has 1 rings (SSSR count). The van der Waals surface area contributed by atoms with Crippen LogP contribution in [0.15, 0.2) is 0 Å². The maximum absolute atomic E-state index is 3.53. The highest BCUT2D eigenvalue weighted by molar-refractivity contribution is 7.99. The van der Waals surface area contributed by atoms with Crippen LogP contribution in [0.3, 0.4) is 0 Å². The second kappa shape index (κ2) is 7.57. The molecule has 1 N–H and O–H groups in total. The zero-order valence-corrected chi connectivity index (χ0v) is 12.1. The van der Waals surface area contributed by atoms with Crippen molar-refractivity contribution in [2.45, 2.75) is 45.4 Å². The molecule has 0 aromatic heterocycles. The Bertz CT molecular complexity index is 187. The van der Waals surface area contributed by atoms with Gasteiger partial charge in [-0.1, -0.05) is 20.8 Å². The number of nitrogens with one attached hydrogen (secondary N) is 1. The van der Waals surface area contributed by atoms with Gasteiger partial charge in [-0.05, 0) is 32.4 Å². The van der Waals surface area contributed by atoms with Gasteiger partial charge in [-0.2, -0.15) is 11.8 Å². The summed E-state index contributed by atoms with van der Waals surface area (Å²) in [4.78, 5) is 2.67. The Morgan fingerprint density at radius 3 is 2.81 bits per heavy atom. The molecule has 0 saturated carbocycles. The van der Waals surface area contributed by atoms with Gasteiger partial charge in [0.2, 0.25) is 0 Å². The number of nitrogens with zero attached hydrogens (tertiary/aromatic N) is 1. The van der Waals surface area contributed by atoms with Crippen molar-refractivity contribution in [3.05, 3.63) is 0 Å². The molecule has 0 bridgehead atoms. The third kappa shape index (κ3) is 4.64. The van der Waals surface area contributed by atoms with Crippen LogP contribution in [0.25, 0.3) is 0 Å². The topological polar surface area (TPSA) is 15.3 Å². The second-order valence-electron chi connectivity index (χ2n) is 5.10. The fourth-order valence-corrected chi connectivity index (χ4v) is 3.29. The van der Waals surface area contributed by atoms with E-state index in [2.05, 4.69) is 49.7 Å². The molecule has 0 aliphatic carbocycles. The Morgan fingerprint density at radius 2 is 2.19 bits per heavy atom. The van der Waals surface area contributed by atoms with Crippen LogP contribution in [0.5, 0.6) is 0 Å². The van der Waals surface area contributed by atoms with Crippen molar-refractivity contribution >= 4 is 11.8 Å². The molecule has 1 saturated heterocycles. The molecule has 1 aliphatic heterocycles. The van der Waals surface area contributed by atoms with E-state index < -0.39 is 0 Å². The minimum absolute atomic E-state index is 0.715. The van der Waals surface area contributed by atoms with Crippen LogP contribution in [0.2, 0.25) is 0 Å². The summed E-state index contributed by atoms with van der Waals surface area (Å²) < 4.78 is 0. The zero-order valence-electron chi connectivity index (χ0n) is 11.3. The van der Waals surface area contributed by atoms with Gasteiger partial charge in [0.05, 0.1) is 0 Å². The second-order valence-corrected chi connectivity index (χ2v) is 6.64. The summed E-state index contributed by atoms with van der Waals surface area (Å²) in [5, 5.41) is 4.35. The number of hydrogen-bond acceptors (Lipinski definition) is 3. The third-order valence-corrected chi connectivity index (χ3v) is 4.70. The van der Waals surface area contributed by atoms with E-state index in [4.69, 9.17) is 0 Å². The lowest BCUT2D eigenvalue weighted by Crippen LogP contribution is -2.47. The number of hydrogen-bond donors (Lipinski definition) is 1. The summed E-state index contributed by atoms with van der Waals surface area (Å²) in [6.07, 6.45) is 1.23. The zero-order chi connectivity index (χ0) is 12.0. The first-order valence-electron chi connectivity index (χ1n) is 6.71. The molecule has 1 aliphatic rings. The smallest absolute Gasteiger partial charge is 0.0147 e. The number of thioether (sulfide) groups is 1. The van der Waals surface area contributed by atoms with E-state index in [1.165, 1.54) is 25.3 Å². The predicted molar refractivity (Wildman–Crippen MR) is 75.3 cm³/mol. The van der Waals surface area contributed by atoms with Gasteiger partial charge in [0, 0.05) is 30.1 Å². The lowest BCUT2D eigenvalue weighted by Gasteiger charge is -2.38. The molecule has 0 radical (unpaired) electrons. The van der Waals surface area contributed by atoms with E-state index in [0.717, 1.165) is 24.3 Å². The van der Waals surface area contributed by atoms with E-state index in [1.807, 2.05) is 0 Å². The molecule has 0 aromatic carbocycles. The highest BCUT2D eigenvalue weighted by Crippen LogP contribution is 2.21. The molecule has 2 nitrogen and oxygen atoms in total. The SMILES string of the molecule is CCCNCC(C)C(C)N1CCSC(C)C1.